The van der Waals surface area contributed by atoms with Crippen LogP contribution >= 0.6 is 0 Å². The van der Waals surface area contributed by atoms with E-state index in [2.05, 4.69) is 5.10 Å². The molecule has 0 bridgehead atoms. The maximum atomic E-state index is 11.6. The van der Waals surface area contributed by atoms with Crippen LogP contribution in [-0.4, -0.2) is 16.4 Å². The minimum Gasteiger partial charge on any atom is -0.494 e. The van der Waals surface area contributed by atoms with Gasteiger partial charge in [0.25, 0.3) is 5.56 Å². The second kappa shape index (κ2) is 6.86. The number of aromatic nitrogens is 2. The summed E-state index contributed by atoms with van der Waals surface area (Å²) in [4.78, 5) is 11.6. The first-order valence-corrected chi connectivity index (χ1v) is 6.64. The average Bonchev–Trinajstić information content (AvgIpc) is 2.46. The van der Waals surface area contributed by atoms with Crippen molar-refractivity contribution in [3.8, 4) is 5.75 Å². The number of aryl methyl sites for hydroxylation is 2. The van der Waals surface area contributed by atoms with E-state index in [1.54, 1.807) is 12.3 Å². The molecule has 2 N–H and O–H groups in total. The Balaban J connectivity index is 1.79. The van der Waals surface area contributed by atoms with Crippen molar-refractivity contribution < 1.29 is 4.74 Å². The number of nitrogens with zero attached hydrogens (tertiary/aromatic N) is 2. The van der Waals surface area contributed by atoms with Gasteiger partial charge in [-0.15, -0.1) is 0 Å². The van der Waals surface area contributed by atoms with Gasteiger partial charge in [-0.05, 0) is 30.2 Å². The van der Waals surface area contributed by atoms with E-state index in [4.69, 9.17) is 10.5 Å². The Labute approximate surface area is 118 Å². The Bertz CT molecular complexity index is 605. The van der Waals surface area contributed by atoms with Crippen LogP contribution in [0.5, 0.6) is 5.75 Å². The fourth-order valence-electron chi connectivity index (χ4n) is 1.82. The van der Waals surface area contributed by atoms with Gasteiger partial charge < -0.3 is 10.5 Å². The van der Waals surface area contributed by atoms with E-state index in [9.17, 15) is 4.79 Å². The van der Waals surface area contributed by atoms with E-state index < -0.39 is 0 Å². The summed E-state index contributed by atoms with van der Waals surface area (Å²) in [5.41, 5.74) is 7.41. The van der Waals surface area contributed by atoms with Crippen molar-refractivity contribution in [1.29, 1.82) is 0 Å². The van der Waals surface area contributed by atoms with Crippen LogP contribution in [0.4, 0.5) is 0 Å². The summed E-state index contributed by atoms with van der Waals surface area (Å²) in [5, 5.41) is 4.08. The minimum atomic E-state index is -0.0719. The van der Waals surface area contributed by atoms with Crippen molar-refractivity contribution in [1.82, 2.24) is 9.78 Å². The van der Waals surface area contributed by atoms with Crippen molar-refractivity contribution in [2.75, 3.05) is 6.61 Å². The molecule has 20 heavy (non-hydrogen) atoms. The molecule has 5 heteroatoms. The predicted octanol–water partition coefficient (Wildman–Crippen LogP) is 1.48. The molecule has 5 nitrogen and oxygen atoms in total. The van der Waals surface area contributed by atoms with Gasteiger partial charge in [-0.1, -0.05) is 12.1 Å². The van der Waals surface area contributed by atoms with Gasteiger partial charge in [0.05, 0.1) is 12.8 Å². The lowest BCUT2D eigenvalue weighted by Gasteiger charge is -2.07. The molecule has 1 heterocycles. The Hall–Kier alpha value is -2.14. The summed E-state index contributed by atoms with van der Waals surface area (Å²) in [7, 11) is 0. The summed E-state index contributed by atoms with van der Waals surface area (Å²) < 4.78 is 7.06. The molecular weight excluding hydrogens is 254 g/mol. The van der Waals surface area contributed by atoms with Gasteiger partial charge in [-0.2, -0.15) is 5.10 Å². The number of rotatable bonds is 6. The van der Waals surface area contributed by atoms with Crippen LogP contribution in [0.15, 0.2) is 41.3 Å². The lowest BCUT2D eigenvalue weighted by atomic mass is 10.2. The maximum absolute atomic E-state index is 11.6. The summed E-state index contributed by atoms with van der Waals surface area (Å²) in [5.74, 6) is 0.811. The molecule has 0 saturated carbocycles. The maximum Gasteiger partial charge on any atom is 0.266 e. The van der Waals surface area contributed by atoms with Crippen LogP contribution in [-0.2, 0) is 13.1 Å². The molecule has 1 aromatic heterocycles. The zero-order chi connectivity index (χ0) is 14.4. The SMILES string of the molecule is Cc1cnn(CCCOc2ccc(CN)cc2)c(=O)c1. The lowest BCUT2D eigenvalue weighted by molar-refractivity contribution is 0.297. The summed E-state index contributed by atoms with van der Waals surface area (Å²) in [6.45, 7) is 3.49. The second-order valence-corrected chi connectivity index (χ2v) is 4.64. The van der Waals surface area contributed by atoms with Gasteiger partial charge in [-0.25, -0.2) is 4.68 Å². The molecule has 1 aromatic carbocycles. The van der Waals surface area contributed by atoms with Gasteiger partial charge in [0, 0.05) is 25.6 Å². The van der Waals surface area contributed by atoms with Crippen molar-refractivity contribution in [2.45, 2.75) is 26.4 Å². The van der Waals surface area contributed by atoms with Gasteiger partial charge in [0.2, 0.25) is 0 Å². The third-order valence-electron chi connectivity index (χ3n) is 2.95. The van der Waals surface area contributed by atoms with Gasteiger partial charge in [0.15, 0.2) is 0 Å². The molecular formula is C15H19N3O2. The Kier molecular flexibility index (Phi) is 4.90. The highest BCUT2D eigenvalue weighted by molar-refractivity contribution is 5.26. The van der Waals surface area contributed by atoms with Crippen LogP contribution in [0.2, 0.25) is 0 Å². The molecule has 0 aliphatic rings. The summed E-state index contributed by atoms with van der Waals surface area (Å²) in [6.07, 6.45) is 2.42. The zero-order valence-electron chi connectivity index (χ0n) is 11.6. The van der Waals surface area contributed by atoms with Gasteiger partial charge >= 0.3 is 0 Å². The molecule has 0 unspecified atom stereocenters. The number of ether oxygens (including phenoxy) is 1. The van der Waals surface area contributed by atoms with E-state index in [1.165, 1.54) is 4.68 Å². The fraction of sp³-hybridized carbons (Fsp3) is 0.333. The predicted molar refractivity (Wildman–Crippen MR) is 77.7 cm³/mol. The number of benzene rings is 1. The molecule has 0 atom stereocenters. The van der Waals surface area contributed by atoms with E-state index in [0.29, 0.717) is 19.7 Å². The van der Waals surface area contributed by atoms with Crippen LogP contribution < -0.4 is 16.0 Å². The van der Waals surface area contributed by atoms with E-state index in [0.717, 1.165) is 23.3 Å². The molecule has 0 saturated heterocycles. The molecule has 0 radical (unpaired) electrons. The third-order valence-corrected chi connectivity index (χ3v) is 2.95. The van der Waals surface area contributed by atoms with E-state index >= 15 is 0 Å². The van der Waals surface area contributed by atoms with E-state index in [1.807, 2.05) is 31.2 Å². The van der Waals surface area contributed by atoms with Crippen molar-refractivity contribution in [3.05, 3.63) is 58.0 Å². The highest BCUT2D eigenvalue weighted by atomic mass is 16.5. The monoisotopic (exact) mass is 273 g/mol. The average molecular weight is 273 g/mol. The normalized spacial score (nSPS) is 10.5. The first-order chi connectivity index (χ1) is 9.69. The van der Waals surface area contributed by atoms with Gasteiger partial charge in [-0.3, -0.25) is 4.79 Å². The Morgan fingerprint density at radius 1 is 1.30 bits per heavy atom. The first-order valence-electron chi connectivity index (χ1n) is 6.64. The standard InChI is InChI=1S/C15H19N3O2/c1-12-9-15(19)18(17-11-12)7-2-8-20-14-5-3-13(10-16)4-6-14/h3-6,9,11H,2,7-8,10,16H2,1H3. The lowest BCUT2D eigenvalue weighted by Crippen LogP contribution is -2.23. The topological polar surface area (TPSA) is 70.1 Å². The summed E-state index contributed by atoms with van der Waals surface area (Å²) in [6, 6.07) is 9.28. The van der Waals surface area contributed by atoms with Crippen LogP contribution in [0.3, 0.4) is 0 Å². The molecule has 0 aliphatic carbocycles. The largest absolute Gasteiger partial charge is 0.494 e. The highest BCUT2D eigenvalue weighted by Gasteiger charge is 1.99. The van der Waals surface area contributed by atoms with Crippen molar-refractivity contribution in [3.63, 3.8) is 0 Å². The molecule has 0 amide bonds. The van der Waals surface area contributed by atoms with Crippen LogP contribution in [0.1, 0.15) is 17.5 Å². The van der Waals surface area contributed by atoms with Gasteiger partial charge in [0.1, 0.15) is 5.75 Å². The molecule has 2 aromatic rings. The quantitative estimate of drug-likeness (QED) is 0.809. The number of nitrogens with two attached hydrogens (primary N) is 1. The molecule has 0 fully saturated rings. The third kappa shape index (κ3) is 3.93. The zero-order valence-corrected chi connectivity index (χ0v) is 11.6. The molecule has 0 aliphatic heterocycles. The summed E-state index contributed by atoms with van der Waals surface area (Å²) >= 11 is 0. The molecule has 2 rings (SSSR count). The van der Waals surface area contributed by atoms with Crippen molar-refractivity contribution >= 4 is 0 Å². The molecule has 0 spiro atoms. The first kappa shape index (κ1) is 14.3. The van der Waals surface area contributed by atoms with Crippen LogP contribution in [0.25, 0.3) is 0 Å². The highest BCUT2D eigenvalue weighted by Crippen LogP contribution is 2.11. The second-order valence-electron chi connectivity index (χ2n) is 4.64. The number of hydrogen-bond acceptors (Lipinski definition) is 4. The van der Waals surface area contributed by atoms with Crippen molar-refractivity contribution in [2.24, 2.45) is 5.73 Å². The smallest absolute Gasteiger partial charge is 0.266 e. The van der Waals surface area contributed by atoms with Crippen LogP contribution in [0, 0.1) is 6.92 Å². The molecule has 106 valence electrons. The number of hydrogen-bond donors (Lipinski definition) is 1. The Morgan fingerprint density at radius 3 is 2.70 bits per heavy atom. The van der Waals surface area contributed by atoms with E-state index in [-0.39, 0.29) is 5.56 Å². The minimum absolute atomic E-state index is 0.0719. The fourth-order valence-corrected chi connectivity index (χ4v) is 1.82. The Morgan fingerprint density at radius 2 is 2.05 bits per heavy atom.